The van der Waals surface area contributed by atoms with Crippen LogP contribution in [0.25, 0.3) is 0 Å². The molecule has 1 aromatic rings. The highest BCUT2D eigenvalue weighted by atomic mass is 16.5. The van der Waals surface area contributed by atoms with Gasteiger partial charge in [-0.05, 0) is 33.0 Å². The third-order valence-corrected chi connectivity index (χ3v) is 2.65. The molecule has 0 amide bonds. The lowest BCUT2D eigenvalue weighted by Crippen LogP contribution is -2.48. The van der Waals surface area contributed by atoms with Gasteiger partial charge in [-0.2, -0.15) is 0 Å². The highest BCUT2D eigenvalue weighted by Crippen LogP contribution is 2.26. The molecule has 0 spiro atoms. The minimum Gasteiger partial charge on any atom is -0.490 e. The van der Waals surface area contributed by atoms with Crippen molar-refractivity contribution in [3.63, 3.8) is 0 Å². The number of para-hydroxylation sites is 2. The molecule has 0 aromatic heterocycles. The number of nitrogens with one attached hydrogen (secondary N) is 1. The van der Waals surface area contributed by atoms with Crippen LogP contribution in [-0.2, 0) is 0 Å². The Bertz CT molecular complexity index is 337. The highest BCUT2D eigenvalue weighted by Gasteiger charge is 2.22. The van der Waals surface area contributed by atoms with Gasteiger partial charge in [-0.15, -0.1) is 0 Å². The van der Waals surface area contributed by atoms with Gasteiger partial charge in [-0.25, -0.2) is 0 Å². The Morgan fingerprint density at radius 2 is 1.82 bits per heavy atom. The van der Waals surface area contributed by atoms with Crippen molar-refractivity contribution in [2.75, 3.05) is 26.9 Å². The first-order valence-corrected chi connectivity index (χ1v) is 5.79. The summed E-state index contributed by atoms with van der Waals surface area (Å²) in [4.78, 5) is 0. The topological polar surface area (TPSA) is 50.7 Å². The average Bonchev–Trinajstić information content (AvgIpc) is 2.38. The number of benzene rings is 1. The van der Waals surface area contributed by atoms with Gasteiger partial charge in [0.15, 0.2) is 11.5 Å². The number of hydrogen-bond donors (Lipinski definition) is 2. The van der Waals surface area contributed by atoms with Crippen LogP contribution in [0.5, 0.6) is 11.5 Å². The molecule has 17 heavy (non-hydrogen) atoms. The standard InChI is InChI=1S/C13H21NO3/c1-4-16-11-7-5-6-8-12(11)17-10-13(2,9-15)14-3/h5-8,14-15H,4,9-10H2,1-3H3. The molecule has 2 N–H and O–H groups in total. The van der Waals surface area contributed by atoms with Crippen molar-refractivity contribution >= 4 is 0 Å². The fourth-order valence-corrected chi connectivity index (χ4v) is 1.28. The monoisotopic (exact) mass is 239 g/mol. The number of aliphatic hydroxyl groups is 1. The molecule has 0 bridgehead atoms. The van der Waals surface area contributed by atoms with Crippen molar-refractivity contribution in [1.29, 1.82) is 0 Å². The maximum atomic E-state index is 9.26. The van der Waals surface area contributed by atoms with E-state index in [2.05, 4.69) is 5.32 Å². The van der Waals surface area contributed by atoms with Crippen molar-refractivity contribution in [1.82, 2.24) is 5.32 Å². The van der Waals surface area contributed by atoms with E-state index in [4.69, 9.17) is 9.47 Å². The lowest BCUT2D eigenvalue weighted by Gasteiger charge is -2.27. The largest absolute Gasteiger partial charge is 0.490 e. The molecule has 0 fully saturated rings. The van der Waals surface area contributed by atoms with Crippen LogP contribution in [0, 0.1) is 0 Å². The highest BCUT2D eigenvalue weighted by molar-refractivity contribution is 5.39. The van der Waals surface area contributed by atoms with Gasteiger partial charge in [0.2, 0.25) is 0 Å². The van der Waals surface area contributed by atoms with Crippen LogP contribution in [0.3, 0.4) is 0 Å². The molecule has 0 radical (unpaired) electrons. The van der Waals surface area contributed by atoms with Crippen LogP contribution in [-0.4, -0.2) is 37.5 Å². The Morgan fingerprint density at radius 3 is 2.29 bits per heavy atom. The molecule has 1 atom stereocenters. The summed E-state index contributed by atoms with van der Waals surface area (Å²) in [5.74, 6) is 1.43. The number of hydrogen-bond acceptors (Lipinski definition) is 4. The van der Waals surface area contributed by atoms with E-state index >= 15 is 0 Å². The van der Waals surface area contributed by atoms with Crippen molar-refractivity contribution in [3.05, 3.63) is 24.3 Å². The van der Waals surface area contributed by atoms with Crippen molar-refractivity contribution in [2.24, 2.45) is 0 Å². The van der Waals surface area contributed by atoms with Crippen molar-refractivity contribution in [3.8, 4) is 11.5 Å². The first kappa shape index (κ1) is 13.8. The third-order valence-electron chi connectivity index (χ3n) is 2.65. The van der Waals surface area contributed by atoms with Crippen LogP contribution in [0.15, 0.2) is 24.3 Å². The first-order valence-electron chi connectivity index (χ1n) is 5.79. The van der Waals surface area contributed by atoms with Gasteiger partial charge < -0.3 is 19.9 Å². The van der Waals surface area contributed by atoms with Gasteiger partial charge in [0.1, 0.15) is 6.61 Å². The summed E-state index contributed by atoms with van der Waals surface area (Å²) in [6.07, 6.45) is 0. The molecule has 0 saturated carbocycles. The molecule has 0 aliphatic rings. The van der Waals surface area contributed by atoms with E-state index in [9.17, 15) is 5.11 Å². The molecule has 4 heteroatoms. The molecule has 1 rings (SSSR count). The number of ether oxygens (including phenoxy) is 2. The molecule has 4 nitrogen and oxygen atoms in total. The summed E-state index contributed by atoms with van der Waals surface area (Å²) >= 11 is 0. The fourth-order valence-electron chi connectivity index (χ4n) is 1.28. The number of rotatable bonds is 7. The zero-order chi connectivity index (χ0) is 12.7. The van der Waals surface area contributed by atoms with E-state index < -0.39 is 5.54 Å². The Balaban J connectivity index is 2.68. The number of likely N-dealkylation sites (N-methyl/N-ethyl adjacent to an activating group) is 1. The first-order chi connectivity index (χ1) is 8.15. The van der Waals surface area contributed by atoms with Crippen molar-refractivity contribution in [2.45, 2.75) is 19.4 Å². The smallest absolute Gasteiger partial charge is 0.161 e. The van der Waals surface area contributed by atoms with E-state index in [1.165, 1.54) is 0 Å². The SMILES string of the molecule is CCOc1ccccc1OCC(C)(CO)NC. The van der Waals surface area contributed by atoms with Gasteiger partial charge >= 0.3 is 0 Å². The van der Waals surface area contributed by atoms with Gasteiger partial charge in [0.25, 0.3) is 0 Å². The summed E-state index contributed by atoms with van der Waals surface area (Å²) in [5.41, 5.74) is -0.445. The molecule has 96 valence electrons. The fraction of sp³-hybridized carbons (Fsp3) is 0.538. The minimum absolute atomic E-state index is 0.0142. The van der Waals surface area contributed by atoms with Crippen LogP contribution in [0.2, 0.25) is 0 Å². The molecular formula is C13H21NO3. The molecule has 0 saturated heterocycles. The van der Waals surface area contributed by atoms with E-state index in [1.54, 1.807) is 7.05 Å². The zero-order valence-corrected chi connectivity index (χ0v) is 10.7. The summed E-state index contributed by atoms with van der Waals surface area (Å²) in [6.45, 7) is 4.83. The Labute approximate surface area is 103 Å². The van der Waals surface area contributed by atoms with Gasteiger partial charge in [0.05, 0.1) is 18.8 Å². The third kappa shape index (κ3) is 3.91. The van der Waals surface area contributed by atoms with Crippen LogP contribution >= 0.6 is 0 Å². The second kappa shape index (κ2) is 6.47. The summed E-state index contributed by atoms with van der Waals surface area (Å²) in [5, 5.41) is 12.3. The lowest BCUT2D eigenvalue weighted by molar-refractivity contribution is 0.120. The van der Waals surface area contributed by atoms with Gasteiger partial charge in [-0.1, -0.05) is 12.1 Å². The molecule has 0 heterocycles. The van der Waals surface area contributed by atoms with Crippen LogP contribution < -0.4 is 14.8 Å². The predicted molar refractivity (Wildman–Crippen MR) is 67.7 cm³/mol. The Morgan fingerprint density at radius 1 is 1.24 bits per heavy atom. The Hall–Kier alpha value is -1.26. The predicted octanol–water partition coefficient (Wildman–Crippen LogP) is 1.43. The summed E-state index contributed by atoms with van der Waals surface area (Å²) < 4.78 is 11.2. The second-order valence-corrected chi connectivity index (χ2v) is 4.14. The Kier molecular flexibility index (Phi) is 5.25. The summed E-state index contributed by atoms with van der Waals surface area (Å²) in [7, 11) is 1.80. The van der Waals surface area contributed by atoms with E-state index in [0.717, 1.165) is 5.75 Å². The quantitative estimate of drug-likeness (QED) is 0.756. The average molecular weight is 239 g/mol. The van der Waals surface area contributed by atoms with E-state index in [1.807, 2.05) is 38.1 Å². The molecule has 0 aliphatic carbocycles. The molecule has 1 aromatic carbocycles. The van der Waals surface area contributed by atoms with Crippen molar-refractivity contribution < 1.29 is 14.6 Å². The summed E-state index contributed by atoms with van der Waals surface area (Å²) in [6, 6.07) is 7.53. The second-order valence-electron chi connectivity index (χ2n) is 4.14. The lowest BCUT2D eigenvalue weighted by atomic mass is 10.1. The van der Waals surface area contributed by atoms with Crippen LogP contribution in [0.1, 0.15) is 13.8 Å². The number of aliphatic hydroxyl groups excluding tert-OH is 1. The molecule has 1 unspecified atom stereocenters. The molecular weight excluding hydrogens is 218 g/mol. The van der Waals surface area contributed by atoms with E-state index in [-0.39, 0.29) is 6.61 Å². The maximum absolute atomic E-state index is 9.26. The zero-order valence-electron chi connectivity index (χ0n) is 10.7. The minimum atomic E-state index is -0.445. The van der Waals surface area contributed by atoms with Gasteiger partial charge in [-0.3, -0.25) is 0 Å². The maximum Gasteiger partial charge on any atom is 0.161 e. The van der Waals surface area contributed by atoms with Crippen LogP contribution in [0.4, 0.5) is 0 Å². The normalized spacial score (nSPS) is 14.1. The van der Waals surface area contributed by atoms with E-state index in [0.29, 0.717) is 19.0 Å². The van der Waals surface area contributed by atoms with Gasteiger partial charge in [0, 0.05) is 0 Å². The molecule has 0 aliphatic heterocycles.